The number of aromatic nitrogens is 2. The lowest BCUT2D eigenvalue weighted by atomic mass is 9.85. The third-order valence-electron chi connectivity index (χ3n) is 5.86. The fraction of sp³-hybridized carbons (Fsp3) is 0.455. The van der Waals surface area contributed by atoms with E-state index in [0.29, 0.717) is 25.6 Å². The number of anilines is 2. The van der Waals surface area contributed by atoms with Crippen molar-refractivity contribution in [3.05, 3.63) is 42.2 Å². The predicted molar refractivity (Wildman–Crippen MR) is 135 cm³/mol. The van der Waals surface area contributed by atoms with Gasteiger partial charge in [-0.3, -0.25) is 19.3 Å². The molecule has 9 nitrogen and oxygen atoms in total. The van der Waals surface area contributed by atoms with E-state index in [9.17, 15) is 9.59 Å². The molecule has 2 amide bonds. The molecule has 2 N–H and O–H groups in total. The second kappa shape index (κ2) is 10.8. The van der Waals surface area contributed by atoms with Crippen LogP contribution in [0.3, 0.4) is 0 Å². The largest absolute Gasteiger partial charge is 0.352 e. The zero-order valence-electron chi connectivity index (χ0n) is 18.5. The quantitative estimate of drug-likeness (QED) is 0.338. The molecule has 0 radical (unpaired) electrons. The van der Waals surface area contributed by atoms with Gasteiger partial charge in [-0.05, 0) is 30.5 Å². The molecular formula is C22H30IN7O2. The second-order valence-electron chi connectivity index (χ2n) is 8.06. The first-order chi connectivity index (χ1) is 15.0. The fourth-order valence-electron chi connectivity index (χ4n) is 3.86. The Morgan fingerprint density at radius 2 is 2.09 bits per heavy atom. The minimum absolute atomic E-state index is 0. The maximum absolute atomic E-state index is 12.7. The highest BCUT2D eigenvalue weighted by Crippen LogP contribution is 2.27. The summed E-state index contributed by atoms with van der Waals surface area (Å²) in [4.78, 5) is 32.9. The SMILES string of the molecule is CN=C(NCc1cccc(NC(=O)C2CCC2)c1)N1CCN(c2cnn(C)c2)C(=O)C1.I. The molecule has 4 rings (SSSR count). The standard InChI is InChI=1S/C22H29N7O2.HI/c1-23-22(28-9-10-29(20(30)15-28)19-13-25-27(2)14-19)24-12-16-5-3-8-18(11-16)26-21(31)17-6-4-7-17;/h3,5,8,11,13-14,17H,4,6-7,9-10,12,15H2,1-2H3,(H,23,24)(H,26,31);1H. The molecule has 2 aromatic rings. The first-order valence-corrected chi connectivity index (χ1v) is 10.7. The lowest BCUT2D eigenvalue weighted by Gasteiger charge is -2.35. The van der Waals surface area contributed by atoms with Crippen LogP contribution in [-0.2, 0) is 23.2 Å². The number of hydrogen-bond acceptors (Lipinski definition) is 4. The topological polar surface area (TPSA) is 94.9 Å². The molecule has 0 atom stereocenters. The van der Waals surface area contributed by atoms with Crippen molar-refractivity contribution in [3.63, 3.8) is 0 Å². The van der Waals surface area contributed by atoms with E-state index >= 15 is 0 Å². The third-order valence-corrected chi connectivity index (χ3v) is 5.86. The van der Waals surface area contributed by atoms with Crippen LogP contribution < -0.4 is 15.5 Å². The summed E-state index contributed by atoms with van der Waals surface area (Å²) in [6.07, 6.45) is 6.65. The molecule has 32 heavy (non-hydrogen) atoms. The van der Waals surface area contributed by atoms with Gasteiger partial charge in [-0.25, -0.2) is 0 Å². The average Bonchev–Trinajstić information content (AvgIpc) is 3.13. The number of amides is 2. The van der Waals surface area contributed by atoms with Crippen molar-refractivity contribution in [1.29, 1.82) is 0 Å². The van der Waals surface area contributed by atoms with Crippen LogP contribution in [0.5, 0.6) is 0 Å². The van der Waals surface area contributed by atoms with Gasteiger partial charge >= 0.3 is 0 Å². The summed E-state index contributed by atoms with van der Waals surface area (Å²) in [5.74, 6) is 0.964. The summed E-state index contributed by atoms with van der Waals surface area (Å²) in [6.45, 7) is 2.06. The molecule has 2 fully saturated rings. The van der Waals surface area contributed by atoms with Crippen molar-refractivity contribution < 1.29 is 9.59 Å². The molecule has 10 heteroatoms. The number of carbonyl (C=O) groups is 2. The molecular weight excluding hydrogens is 521 g/mol. The molecule has 1 aliphatic carbocycles. The lowest BCUT2D eigenvalue weighted by molar-refractivity contribution is -0.122. The third kappa shape index (κ3) is 5.59. The van der Waals surface area contributed by atoms with Crippen LogP contribution in [0.4, 0.5) is 11.4 Å². The van der Waals surface area contributed by atoms with Gasteiger partial charge < -0.3 is 20.4 Å². The molecule has 2 aliphatic rings. The van der Waals surface area contributed by atoms with E-state index in [1.54, 1.807) is 22.8 Å². The number of guanidine groups is 1. The zero-order chi connectivity index (χ0) is 21.8. The van der Waals surface area contributed by atoms with Crippen LogP contribution in [0.25, 0.3) is 0 Å². The summed E-state index contributed by atoms with van der Waals surface area (Å²) in [7, 11) is 3.55. The number of nitrogens with zero attached hydrogens (tertiary/aromatic N) is 5. The van der Waals surface area contributed by atoms with Crippen molar-refractivity contribution >= 4 is 53.1 Å². The summed E-state index contributed by atoms with van der Waals surface area (Å²) in [5, 5.41) is 10.5. The summed E-state index contributed by atoms with van der Waals surface area (Å²) in [5.41, 5.74) is 2.66. The number of nitrogens with one attached hydrogen (secondary N) is 2. The average molecular weight is 551 g/mol. The van der Waals surface area contributed by atoms with Gasteiger partial charge in [0.2, 0.25) is 11.8 Å². The van der Waals surface area contributed by atoms with E-state index in [4.69, 9.17) is 0 Å². The monoisotopic (exact) mass is 551 g/mol. The molecule has 1 saturated carbocycles. The van der Waals surface area contributed by atoms with Gasteiger partial charge in [-0.1, -0.05) is 18.6 Å². The van der Waals surface area contributed by atoms with Crippen LogP contribution in [0.2, 0.25) is 0 Å². The molecule has 0 bridgehead atoms. The van der Waals surface area contributed by atoms with Gasteiger partial charge in [0, 0.05) is 51.5 Å². The summed E-state index contributed by atoms with van der Waals surface area (Å²) >= 11 is 0. The minimum atomic E-state index is 0. The number of halogens is 1. The second-order valence-corrected chi connectivity index (χ2v) is 8.06. The number of aryl methyl sites for hydroxylation is 1. The van der Waals surface area contributed by atoms with E-state index in [0.717, 1.165) is 36.2 Å². The number of rotatable bonds is 5. The van der Waals surface area contributed by atoms with Crippen molar-refractivity contribution in [3.8, 4) is 0 Å². The normalized spacial score (nSPS) is 16.9. The number of piperazine rings is 1. The Labute approximate surface area is 205 Å². The fourth-order valence-corrected chi connectivity index (χ4v) is 3.86. The number of aliphatic imine (C=N–C) groups is 1. The molecule has 1 saturated heterocycles. The summed E-state index contributed by atoms with van der Waals surface area (Å²) in [6, 6.07) is 7.82. The van der Waals surface area contributed by atoms with Crippen molar-refractivity contribution in [2.24, 2.45) is 18.0 Å². The molecule has 1 aromatic heterocycles. The Morgan fingerprint density at radius 1 is 1.28 bits per heavy atom. The highest BCUT2D eigenvalue weighted by atomic mass is 127. The van der Waals surface area contributed by atoms with E-state index in [1.807, 2.05) is 42.4 Å². The Morgan fingerprint density at radius 3 is 2.72 bits per heavy atom. The van der Waals surface area contributed by atoms with Crippen LogP contribution in [-0.4, -0.2) is 59.1 Å². The first-order valence-electron chi connectivity index (χ1n) is 10.7. The molecule has 0 unspecified atom stereocenters. The van der Waals surface area contributed by atoms with Crippen LogP contribution in [0.1, 0.15) is 24.8 Å². The van der Waals surface area contributed by atoms with E-state index < -0.39 is 0 Å². The summed E-state index contributed by atoms with van der Waals surface area (Å²) < 4.78 is 1.69. The lowest BCUT2D eigenvalue weighted by Crippen LogP contribution is -2.55. The molecule has 1 aromatic carbocycles. The van der Waals surface area contributed by atoms with Gasteiger partial charge in [-0.2, -0.15) is 5.10 Å². The Kier molecular flexibility index (Phi) is 8.10. The smallest absolute Gasteiger partial charge is 0.246 e. The first kappa shape index (κ1) is 24.0. The molecule has 1 aliphatic heterocycles. The Balaban J connectivity index is 0.00000289. The predicted octanol–water partition coefficient (Wildman–Crippen LogP) is 2.20. The van der Waals surface area contributed by atoms with Crippen LogP contribution in [0, 0.1) is 5.92 Å². The van der Waals surface area contributed by atoms with Crippen molar-refractivity contribution in [2.45, 2.75) is 25.8 Å². The Bertz CT molecular complexity index is 986. The Hall–Kier alpha value is -2.63. The van der Waals surface area contributed by atoms with E-state index in [-0.39, 0.29) is 48.3 Å². The highest BCUT2D eigenvalue weighted by molar-refractivity contribution is 14.0. The van der Waals surface area contributed by atoms with Gasteiger partial charge in [0.25, 0.3) is 0 Å². The number of hydrogen-bond donors (Lipinski definition) is 2. The van der Waals surface area contributed by atoms with Crippen molar-refractivity contribution in [2.75, 3.05) is 36.9 Å². The van der Waals surface area contributed by atoms with Gasteiger partial charge in [0.1, 0.15) is 6.54 Å². The van der Waals surface area contributed by atoms with Gasteiger partial charge in [-0.15, -0.1) is 24.0 Å². The number of carbonyl (C=O) groups excluding carboxylic acids is 2. The van der Waals surface area contributed by atoms with Crippen molar-refractivity contribution in [1.82, 2.24) is 20.0 Å². The van der Waals surface area contributed by atoms with Crippen LogP contribution >= 0.6 is 24.0 Å². The number of benzene rings is 1. The maximum Gasteiger partial charge on any atom is 0.246 e. The maximum atomic E-state index is 12.7. The zero-order valence-corrected chi connectivity index (χ0v) is 20.8. The molecule has 2 heterocycles. The van der Waals surface area contributed by atoms with E-state index in [2.05, 4.69) is 20.7 Å². The molecule has 172 valence electrons. The van der Waals surface area contributed by atoms with Crippen LogP contribution in [0.15, 0.2) is 41.7 Å². The highest BCUT2D eigenvalue weighted by Gasteiger charge is 2.28. The minimum Gasteiger partial charge on any atom is -0.352 e. The van der Waals surface area contributed by atoms with E-state index in [1.165, 1.54) is 0 Å². The molecule has 0 spiro atoms. The van der Waals surface area contributed by atoms with Gasteiger partial charge in [0.05, 0.1) is 11.9 Å². The van der Waals surface area contributed by atoms with Gasteiger partial charge in [0.15, 0.2) is 5.96 Å².